The Morgan fingerprint density at radius 2 is 1.85 bits per heavy atom. The van der Waals surface area contributed by atoms with E-state index in [0.29, 0.717) is 6.54 Å². The van der Waals surface area contributed by atoms with Gasteiger partial charge in [0, 0.05) is 15.8 Å². The van der Waals surface area contributed by atoms with Gasteiger partial charge in [0.2, 0.25) is 5.91 Å². The highest BCUT2D eigenvalue weighted by molar-refractivity contribution is 7.09. The maximum atomic E-state index is 12.7. The van der Waals surface area contributed by atoms with Crippen LogP contribution in [0.3, 0.4) is 0 Å². The summed E-state index contributed by atoms with van der Waals surface area (Å²) in [5.74, 6) is -0.0359. The van der Waals surface area contributed by atoms with Crippen molar-refractivity contribution in [3.05, 3.63) is 77.0 Å². The molecule has 0 aliphatic heterocycles. The molecule has 0 saturated heterocycles. The fourth-order valence-electron chi connectivity index (χ4n) is 3.04. The number of benzene rings is 2. The molecule has 0 saturated carbocycles. The molecule has 0 aliphatic rings. The summed E-state index contributed by atoms with van der Waals surface area (Å²) >= 11 is 1.64. The molecule has 4 nitrogen and oxygen atoms in total. The van der Waals surface area contributed by atoms with Gasteiger partial charge in [-0.25, -0.2) is 0 Å². The first-order chi connectivity index (χ1) is 12.7. The quantitative estimate of drug-likeness (QED) is 0.563. The van der Waals surface area contributed by atoms with Gasteiger partial charge in [-0.1, -0.05) is 54.6 Å². The lowest BCUT2D eigenvalue weighted by Crippen LogP contribution is -2.30. The Morgan fingerprint density at radius 1 is 1.08 bits per heavy atom. The van der Waals surface area contributed by atoms with E-state index in [-0.39, 0.29) is 5.91 Å². The highest BCUT2D eigenvalue weighted by Gasteiger charge is 2.20. The Hall–Kier alpha value is -2.92. The molecule has 5 heteroatoms. The molecule has 2 heterocycles. The number of amides is 1. The van der Waals surface area contributed by atoms with Gasteiger partial charge in [0.05, 0.1) is 12.1 Å². The standard InChI is InChI=1S/C21H19N3OS/c1-15(21(25)22-14-17-10-7-13-26-17)24-19-12-6-5-11-18(19)20(23-24)16-8-3-2-4-9-16/h2-13,15H,14H2,1H3,(H,22,25). The van der Waals surface area contributed by atoms with E-state index in [2.05, 4.69) is 11.4 Å². The Morgan fingerprint density at radius 3 is 2.62 bits per heavy atom. The van der Waals surface area contributed by atoms with Gasteiger partial charge in [-0.3, -0.25) is 9.48 Å². The molecule has 0 bridgehead atoms. The van der Waals surface area contributed by atoms with Crippen LogP contribution in [0.1, 0.15) is 17.8 Å². The molecule has 0 fully saturated rings. The fourth-order valence-corrected chi connectivity index (χ4v) is 3.68. The smallest absolute Gasteiger partial charge is 0.244 e. The van der Waals surface area contributed by atoms with Crippen molar-refractivity contribution >= 4 is 28.1 Å². The maximum absolute atomic E-state index is 12.7. The second kappa shape index (κ2) is 7.14. The monoisotopic (exact) mass is 361 g/mol. The fraction of sp³-hybridized carbons (Fsp3) is 0.143. The van der Waals surface area contributed by atoms with Gasteiger partial charge in [0.25, 0.3) is 0 Å². The molecule has 1 unspecified atom stereocenters. The van der Waals surface area contributed by atoms with Crippen LogP contribution in [0.15, 0.2) is 72.1 Å². The average Bonchev–Trinajstić information content (AvgIpc) is 3.34. The molecule has 130 valence electrons. The number of thiophene rings is 1. The number of hydrogen-bond acceptors (Lipinski definition) is 3. The number of hydrogen-bond donors (Lipinski definition) is 1. The van der Waals surface area contributed by atoms with E-state index >= 15 is 0 Å². The van der Waals surface area contributed by atoms with E-state index in [9.17, 15) is 4.79 Å². The average molecular weight is 361 g/mol. The minimum Gasteiger partial charge on any atom is -0.349 e. The molecule has 1 N–H and O–H groups in total. The number of nitrogens with one attached hydrogen (secondary N) is 1. The Kier molecular flexibility index (Phi) is 4.54. The van der Waals surface area contributed by atoms with Crippen LogP contribution in [-0.2, 0) is 11.3 Å². The van der Waals surface area contributed by atoms with Gasteiger partial charge in [-0.05, 0) is 24.4 Å². The van der Waals surface area contributed by atoms with Gasteiger partial charge in [-0.2, -0.15) is 5.10 Å². The summed E-state index contributed by atoms with van der Waals surface area (Å²) in [6, 6.07) is 21.7. The lowest BCUT2D eigenvalue weighted by Gasteiger charge is -2.13. The van der Waals surface area contributed by atoms with Crippen molar-refractivity contribution in [2.45, 2.75) is 19.5 Å². The van der Waals surface area contributed by atoms with Crippen molar-refractivity contribution < 1.29 is 4.79 Å². The molecule has 0 spiro atoms. The van der Waals surface area contributed by atoms with Crippen LogP contribution >= 0.6 is 11.3 Å². The van der Waals surface area contributed by atoms with Gasteiger partial charge < -0.3 is 5.32 Å². The van der Waals surface area contributed by atoms with Crippen molar-refractivity contribution in [3.63, 3.8) is 0 Å². The zero-order valence-electron chi connectivity index (χ0n) is 14.4. The molecule has 1 atom stereocenters. The third-order valence-electron chi connectivity index (χ3n) is 4.42. The van der Waals surface area contributed by atoms with E-state index in [0.717, 1.165) is 27.0 Å². The van der Waals surface area contributed by atoms with Gasteiger partial charge in [0.15, 0.2) is 0 Å². The number of rotatable bonds is 5. The molecule has 0 radical (unpaired) electrons. The largest absolute Gasteiger partial charge is 0.349 e. The summed E-state index contributed by atoms with van der Waals surface area (Å²) < 4.78 is 1.82. The first-order valence-electron chi connectivity index (χ1n) is 8.57. The molecular weight excluding hydrogens is 342 g/mol. The molecule has 4 rings (SSSR count). The highest BCUT2D eigenvalue weighted by atomic mass is 32.1. The Balaban J connectivity index is 1.66. The lowest BCUT2D eigenvalue weighted by atomic mass is 10.1. The lowest BCUT2D eigenvalue weighted by molar-refractivity contribution is -0.124. The molecule has 0 aliphatic carbocycles. The van der Waals surface area contributed by atoms with Crippen molar-refractivity contribution in [2.75, 3.05) is 0 Å². The van der Waals surface area contributed by atoms with Crippen LogP contribution in [0, 0.1) is 0 Å². The van der Waals surface area contributed by atoms with Crippen LogP contribution in [0.4, 0.5) is 0 Å². The minimum absolute atomic E-state index is 0.0359. The summed E-state index contributed by atoms with van der Waals surface area (Å²) in [5.41, 5.74) is 2.91. The molecule has 26 heavy (non-hydrogen) atoms. The second-order valence-electron chi connectivity index (χ2n) is 6.15. The number of carbonyl (C=O) groups is 1. The normalized spacial score (nSPS) is 12.2. The Bertz CT molecular complexity index is 1020. The zero-order valence-corrected chi connectivity index (χ0v) is 15.2. The van der Waals surface area contributed by atoms with Crippen molar-refractivity contribution in [1.82, 2.24) is 15.1 Å². The summed E-state index contributed by atoms with van der Waals surface area (Å²) in [6.45, 7) is 2.43. The molecular formula is C21H19N3OS. The summed E-state index contributed by atoms with van der Waals surface area (Å²) in [5, 5.41) is 10.9. The van der Waals surface area contributed by atoms with Crippen LogP contribution in [0.25, 0.3) is 22.2 Å². The molecule has 1 amide bonds. The number of nitrogens with zero attached hydrogens (tertiary/aromatic N) is 2. The van der Waals surface area contributed by atoms with E-state index in [4.69, 9.17) is 5.10 Å². The Labute approximate surface area is 156 Å². The van der Waals surface area contributed by atoms with Crippen LogP contribution in [0.5, 0.6) is 0 Å². The second-order valence-corrected chi connectivity index (χ2v) is 7.18. The number of fused-ring (bicyclic) bond motifs is 1. The minimum atomic E-state index is -0.391. The van der Waals surface area contributed by atoms with Gasteiger partial charge >= 0.3 is 0 Å². The zero-order chi connectivity index (χ0) is 17.9. The van der Waals surface area contributed by atoms with Crippen LogP contribution in [0.2, 0.25) is 0 Å². The molecule has 2 aromatic heterocycles. The SMILES string of the molecule is CC(C(=O)NCc1cccs1)n1nc(-c2ccccc2)c2ccccc21. The van der Waals surface area contributed by atoms with Crippen molar-refractivity contribution in [1.29, 1.82) is 0 Å². The van der Waals surface area contributed by atoms with Gasteiger partial charge in [0.1, 0.15) is 11.7 Å². The third-order valence-corrected chi connectivity index (χ3v) is 5.30. The molecule has 2 aromatic carbocycles. The number of aromatic nitrogens is 2. The van der Waals surface area contributed by atoms with Crippen LogP contribution < -0.4 is 5.32 Å². The molecule has 4 aromatic rings. The topological polar surface area (TPSA) is 46.9 Å². The van der Waals surface area contributed by atoms with E-state index in [1.54, 1.807) is 11.3 Å². The predicted octanol–water partition coefficient (Wildman–Crippen LogP) is 4.64. The first kappa shape index (κ1) is 16.5. The summed E-state index contributed by atoms with van der Waals surface area (Å²) in [4.78, 5) is 13.8. The maximum Gasteiger partial charge on any atom is 0.244 e. The number of para-hydroxylation sites is 1. The first-order valence-corrected chi connectivity index (χ1v) is 9.45. The van der Waals surface area contributed by atoms with Crippen molar-refractivity contribution in [3.8, 4) is 11.3 Å². The van der Waals surface area contributed by atoms with E-state index in [1.807, 2.05) is 77.6 Å². The predicted molar refractivity (Wildman–Crippen MR) is 106 cm³/mol. The summed E-state index contributed by atoms with van der Waals surface area (Å²) in [6.07, 6.45) is 0. The van der Waals surface area contributed by atoms with Crippen molar-refractivity contribution in [2.24, 2.45) is 0 Å². The number of carbonyl (C=O) groups excluding carboxylic acids is 1. The van der Waals surface area contributed by atoms with E-state index in [1.165, 1.54) is 0 Å². The van der Waals surface area contributed by atoms with E-state index < -0.39 is 6.04 Å². The summed E-state index contributed by atoms with van der Waals surface area (Å²) in [7, 11) is 0. The third kappa shape index (κ3) is 3.13. The van der Waals surface area contributed by atoms with Crippen LogP contribution in [-0.4, -0.2) is 15.7 Å². The van der Waals surface area contributed by atoms with Gasteiger partial charge in [-0.15, -0.1) is 11.3 Å². The highest BCUT2D eigenvalue weighted by Crippen LogP contribution is 2.29.